The molecule has 0 atom stereocenters. The Labute approximate surface area is 114 Å². The van der Waals surface area contributed by atoms with Gasteiger partial charge in [0.05, 0.1) is 21.3 Å². The summed E-state index contributed by atoms with van der Waals surface area (Å²) in [4.78, 5) is 0. The van der Waals surface area contributed by atoms with Crippen LogP contribution in [-0.4, -0.2) is 21.3 Å². The predicted molar refractivity (Wildman–Crippen MR) is 75.0 cm³/mol. The van der Waals surface area contributed by atoms with Gasteiger partial charge < -0.3 is 19.9 Å². The summed E-state index contributed by atoms with van der Waals surface area (Å²) in [5, 5.41) is 0. The van der Waals surface area contributed by atoms with Crippen molar-refractivity contribution in [2.45, 2.75) is 37.6 Å². The average molecular weight is 265 g/mol. The van der Waals surface area contributed by atoms with E-state index in [0.717, 1.165) is 31.2 Å². The number of hydrogen-bond acceptors (Lipinski definition) is 4. The third kappa shape index (κ3) is 2.50. The molecule has 4 heteroatoms. The van der Waals surface area contributed by atoms with Crippen LogP contribution in [0.1, 0.15) is 37.7 Å². The Balaban J connectivity index is 2.50. The molecule has 0 amide bonds. The fraction of sp³-hybridized carbons (Fsp3) is 0.600. The van der Waals surface area contributed by atoms with Gasteiger partial charge in [-0.15, -0.1) is 0 Å². The first-order valence-electron chi connectivity index (χ1n) is 6.74. The predicted octanol–water partition coefficient (Wildman–Crippen LogP) is 2.83. The highest BCUT2D eigenvalue weighted by atomic mass is 16.5. The Morgan fingerprint density at radius 2 is 1.53 bits per heavy atom. The van der Waals surface area contributed by atoms with Crippen LogP contribution in [0.25, 0.3) is 0 Å². The molecule has 0 aromatic heterocycles. The van der Waals surface area contributed by atoms with Crippen molar-refractivity contribution in [1.82, 2.24) is 0 Å². The van der Waals surface area contributed by atoms with E-state index >= 15 is 0 Å². The summed E-state index contributed by atoms with van der Waals surface area (Å²) in [6.45, 7) is 0. The zero-order valence-electron chi connectivity index (χ0n) is 12.0. The molecule has 1 aliphatic carbocycles. The van der Waals surface area contributed by atoms with E-state index in [-0.39, 0.29) is 5.54 Å². The molecule has 0 heterocycles. The third-order valence-corrected chi connectivity index (χ3v) is 3.99. The number of methoxy groups -OCH3 is 3. The first-order chi connectivity index (χ1) is 9.16. The maximum absolute atomic E-state index is 6.60. The normalized spacial score (nSPS) is 17.9. The zero-order chi connectivity index (χ0) is 13.9. The van der Waals surface area contributed by atoms with Gasteiger partial charge in [0.15, 0.2) is 11.5 Å². The Bertz CT molecular complexity index is 439. The van der Waals surface area contributed by atoms with Crippen LogP contribution in [0.5, 0.6) is 17.2 Å². The van der Waals surface area contributed by atoms with Crippen molar-refractivity contribution in [3.63, 3.8) is 0 Å². The van der Waals surface area contributed by atoms with Crippen LogP contribution < -0.4 is 19.9 Å². The van der Waals surface area contributed by atoms with Gasteiger partial charge in [-0.1, -0.05) is 19.3 Å². The van der Waals surface area contributed by atoms with Gasteiger partial charge >= 0.3 is 0 Å². The molecule has 4 nitrogen and oxygen atoms in total. The molecule has 1 fully saturated rings. The van der Waals surface area contributed by atoms with Crippen LogP contribution in [-0.2, 0) is 5.54 Å². The summed E-state index contributed by atoms with van der Waals surface area (Å²) >= 11 is 0. The fourth-order valence-electron chi connectivity index (χ4n) is 2.95. The van der Waals surface area contributed by atoms with Crippen molar-refractivity contribution in [3.05, 3.63) is 17.7 Å². The highest BCUT2D eigenvalue weighted by Crippen LogP contribution is 2.46. The van der Waals surface area contributed by atoms with Gasteiger partial charge in [0.1, 0.15) is 0 Å². The first kappa shape index (κ1) is 14.0. The Morgan fingerprint density at radius 1 is 0.895 bits per heavy atom. The summed E-state index contributed by atoms with van der Waals surface area (Å²) in [6.07, 6.45) is 5.55. The molecule has 0 radical (unpaired) electrons. The standard InChI is InChI=1S/C15H23NO3/c1-17-12-8-7-11(13(18-2)14(12)19-3)15(16)9-5-4-6-10-15/h7-8H,4-6,9-10,16H2,1-3H3. The second-order valence-electron chi connectivity index (χ2n) is 5.10. The molecule has 0 unspecified atom stereocenters. The molecular formula is C15H23NO3. The van der Waals surface area contributed by atoms with Gasteiger partial charge in [0.25, 0.3) is 0 Å². The van der Waals surface area contributed by atoms with E-state index in [1.165, 1.54) is 6.42 Å². The van der Waals surface area contributed by atoms with Crippen LogP contribution in [0.4, 0.5) is 0 Å². The van der Waals surface area contributed by atoms with E-state index in [0.29, 0.717) is 17.2 Å². The summed E-state index contributed by atoms with van der Waals surface area (Å²) < 4.78 is 16.3. The van der Waals surface area contributed by atoms with Crippen LogP contribution >= 0.6 is 0 Å². The van der Waals surface area contributed by atoms with Crippen LogP contribution in [0.15, 0.2) is 12.1 Å². The SMILES string of the molecule is COc1ccc(C2(N)CCCCC2)c(OC)c1OC. The van der Waals surface area contributed by atoms with E-state index in [9.17, 15) is 0 Å². The molecule has 1 aliphatic rings. The van der Waals surface area contributed by atoms with Crippen molar-refractivity contribution in [2.24, 2.45) is 5.73 Å². The van der Waals surface area contributed by atoms with Gasteiger partial charge in [-0.3, -0.25) is 0 Å². The van der Waals surface area contributed by atoms with Crippen LogP contribution in [0, 0.1) is 0 Å². The van der Waals surface area contributed by atoms with Crippen molar-refractivity contribution in [2.75, 3.05) is 21.3 Å². The van der Waals surface area contributed by atoms with Crippen molar-refractivity contribution >= 4 is 0 Å². The molecule has 0 saturated heterocycles. The second kappa shape index (κ2) is 5.70. The molecule has 0 spiro atoms. The molecule has 2 N–H and O–H groups in total. The van der Waals surface area contributed by atoms with E-state index < -0.39 is 0 Å². The minimum Gasteiger partial charge on any atom is -0.493 e. The maximum atomic E-state index is 6.60. The zero-order valence-corrected chi connectivity index (χ0v) is 12.0. The Kier molecular flexibility index (Phi) is 4.20. The first-order valence-corrected chi connectivity index (χ1v) is 6.74. The minimum atomic E-state index is -0.316. The molecule has 19 heavy (non-hydrogen) atoms. The second-order valence-corrected chi connectivity index (χ2v) is 5.10. The van der Waals surface area contributed by atoms with E-state index in [4.69, 9.17) is 19.9 Å². The van der Waals surface area contributed by atoms with Crippen molar-refractivity contribution < 1.29 is 14.2 Å². The van der Waals surface area contributed by atoms with Crippen LogP contribution in [0.2, 0.25) is 0 Å². The van der Waals surface area contributed by atoms with Gasteiger partial charge in [0, 0.05) is 11.1 Å². The number of rotatable bonds is 4. The lowest BCUT2D eigenvalue weighted by Crippen LogP contribution is -2.39. The lowest BCUT2D eigenvalue weighted by Gasteiger charge is -2.35. The molecule has 1 aromatic carbocycles. The van der Waals surface area contributed by atoms with E-state index in [1.807, 2.05) is 12.1 Å². The van der Waals surface area contributed by atoms with Gasteiger partial charge in [-0.25, -0.2) is 0 Å². The minimum absolute atomic E-state index is 0.316. The Hall–Kier alpha value is -1.42. The quantitative estimate of drug-likeness (QED) is 0.909. The summed E-state index contributed by atoms with van der Waals surface area (Å²) in [7, 11) is 4.89. The Morgan fingerprint density at radius 3 is 2.05 bits per heavy atom. The molecule has 106 valence electrons. The molecular weight excluding hydrogens is 242 g/mol. The largest absolute Gasteiger partial charge is 0.493 e. The smallest absolute Gasteiger partial charge is 0.203 e. The number of nitrogens with two attached hydrogens (primary N) is 1. The van der Waals surface area contributed by atoms with Gasteiger partial charge in [-0.05, 0) is 25.0 Å². The summed E-state index contributed by atoms with van der Waals surface area (Å²) in [6, 6.07) is 3.91. The molecule has 2 rings (SSSR count). The van der Waals surface area contributed by atoms with Crippen molar-refractivity contribution in [3.8, 4) is 17.2 Å². The summed E-state index contributed by atoms with van der Waals surface area (Å²) in [5.74, 6) is 1.99. The lowest BCUT2D eigenvalue weighted by molar-refractivity contribution is 0.277. The fourth-order valence-corrected chi connectivity index (χ4v) is 2.95. The lowest BCUT2D eigenvalue weighted by atomic mass is 9.77. The van der Waals surface area contributed by atoms with Crippen LogP contribution in [0.3, 0.4) is 0 Å². The topological polar surface area (TPSA) is 53.7 Å². The van der Waals surface area contributed by atoms with Crippen molar-refractivity contribution in [1.29, 1.82) is 0 Å². The highest BCUT2D eigenvalue weighted by Gasteiger charge is 2.34. The van der Waals surface area contributed by atoms with E-state index in [2.05, 4.69) is 0 Å². The van der Waals surface area contributed by atoms with Gasteiger partial charge in [0.2, 0.25) is 5.75 Å². The molecule has 0 bridgehead atoms. The summed E-state index contributed by atoms with van der Waals surface area (Å²) in [5.41, 5.74) is 7.30. The number of benzene rings is 1. The third-order valence-electron chi connectivity index (χ3n) is 3.99. The van der Waals surface area contributed by atoms with Gasteiger partial charge in [-0.2, -0.15) is 0 Å². The molecule has 1 saturated carbocycles. The average Bonchev–Trinajstić information content (AvgIpc) is 2.46. The molecule has 0 aliphatic heterocycles. The molecule has 1 aromatic rings. The number of hydrogen-bond donors (Lipinski definition) is 1. The maximum Gasteiger partial charge on any atom is 0.203 e. The monoisotopic (exact) mass is 265 g/mol. The number of ether oxygens (including phenoxy) is 3. The van der Waals surface area contributed by atoms with E-state index in [1.54, 1.807) is 21.3 Å². The highest BCUT2D eigenvalue weighted by molar-refractivity contribution is 5.57.